The highest BCUT2D eigenvalue weighted by Crippen LogP contribution is 2.12. The predicted octanol–water partition coefficient (Wildman–Crippen LogP) is 4.56. The molecule has 0 aliphatic carbocycles. The first-order valence-electron chi connectivity index (χ1n) is 8.56. The Morgan fingerprint density at radius 2 is 1.56 bits per heavy atom. The summed E-state index contributed by atoms with van der Waals surface area (Å²) in [5.74, 6) is -0.235. The molecule has 0 saturated heterocycles. The average Bonchev–Trinajstić information content (AvgIpc) is 2.69. The second-order valence-electron chi connectivity index (χ2n) is 6.10. The molecule has 0 spiro atoms. The molecule has 0 heterocycles. The van der Waals surface area contributed by atoms with Crippen LogP contribution in [0.5, 0.6) is 0 Å². The highest BCUT2D eigenvalue weighted by atomic mass is 79.9. The van der Waals surface area contributed by atoms with Crippen LogP contribution in [0.15, 0.2) is 83.3 Å². The average molecular weight is 423 g/mol. The normalized spacial score (nSPS) is 10.3. The summed E-state index contributed by atoms with van der Waals surface area (Å²) in [7, 11) is 0. The van der Waals surface area contributed by atoms with Crippen molar-refractivity contribution < 1.29 is 9.59 Å². The van der Waals surface area contributed by atoms with Gasteiger partial charge in [0.2, 0.25) is 5.91 Å². The monoisotopic (exact) mass is 422 g/mol. The van der Waals surface area contributed by atoms with Crippen molar-refractivity contribution in [2.75, 3.05) is 5.32 Å². The van der Waals surface area contributed by atoms with Crippen LogP contribution in [-0.4, -0.2) is 11.8 Å². The molecule has 0 saturated carbocycles. The summed E-state index contributed by atoms with van der Waals surface area (Å²) < 4.78 is 0.984. The fraction of sp³-hybridized carbons (Fsp3) is 0.0909. The van der Waals surface area contributed by atoms with Crippen LogP contribution in [0.2, 0.25) is 0 Å². The van der Waals surface area contributed by atoms with Gasteiger partial charge in [0.05, 0.1) is 6.42 Å². The number of rotatable bonds is 6. The molecule has 5 heteroatoms. The molecule has 2 amide bonds. The van der Waals surface area contributed by atoms with Gasteiger partial charge in [-0.25, -0.2) is 0 Å². The van der Waals surface area contributed by atoms with E-state index >= 15 is 0 Å². The van der Waals surface area contributed by atoms with Crippen molar-refractivity contribution in [2.24, 2.45) is 0 Å². The fourth-order valence-corrected chi connectivity index (χ4v) is 2.86. The lowest BCUT2D eigenvalue weighted by Gasteiger charge is -2.08. The number of hydrogen-bond donors (Lipinski definition) is 2. The van der Waals surface area contributed by atoms with Crippen molar-refractivity contribution in [2.45, 2.75) is 13.0 Å². The number of anilines is 1. The first kappa shape index (κ1) is 18.9. The third-order valence-corrected chi connectivity index (χ3v) is 4.52. The first-order chi connectivity index (χ1) is 13.1. The summed E-state index contributed by atoms with van der Waals surface area (Å²) in [4.78, 5) is 24.5. The Hall–Kier alpha value is -2.92. The first-order valence-corrected chi connectivity index (χ1v) is 9.36. The molecule has 4 nitrogen and oxygen atoms in total. The van der Waals surface area contributed by atoms with Gasteiger partial charge < -0.3 is 10.6 Å². The van der Waals surface area contributed by atoms with Crippen LogP contribution in [0.4, 0.5) is 5.69 Å². The van der Waals surface area contributed by atoms with Crippen LogP contribution in [0.3, 0.4) is 0 Å². The number of benzene rings is 3. The molecule has 0 aliphatic rings. The SMILES string of the molecule is O=C(Cc1ccc(Br)cc1)NCc1cccc(C(=O)Nc2ccccc2)c1. The molecule has 136 valence electrons. The van der Waals surface area contributed by atoms with E-state index < -0.39 is 0 Å². The van der Waals surface area contributed by atoms with Gasteiger partial charge in [-0.1, -0.05) is 58.4 Å². The minimum Gasteiger partial charge on any atom is -0.352 e. The van der Waals surface area contributed by atoms with E-state index in [1.54, 1.807) is 12.1 Å². The van der Waals surface area contributed by atoms with Gasteiger partial charge >= 0.3 is 0 Å². The highest BCUT2D eigenvalue weighted by molar-refractivity contribution is 9.10. The van der Waals surface area contributed by atoms with Gasteiger partial charge in [-0.15, -0.1) is 0 Å². The van der Waals surface area contributed by atoms with Crippen LogP contribution in [0.1, 0.15) is 21.5 Å². The Balaban J connectivity index is 1.56. The topological polar surface area (TPSA) is 58.2 Å². The van der Waals surface area contributed by atoms with E-state index in [4.69, 9.17) is 0 Å². The number of carbonyl (C=O) groups is 2. The van der Waals surface area contributed by atoms with Crippen molar-refractivity contribution in [3.05, 3.63) is 100 Å². The molecule has 0 fully saturated rings. The molecule has 3 aromatic rings. The lowest BCUT2D eigenvalue weighted by molar-refractivity contribution is -0.120. The van der Waals surface area contributed by atoms with Crippen molar-refractivity contribution in [1.29, 1.82) is 0 Å². The van der Waals surface area contributed by atoms with Crippen LogP contribution >= 0.6 is 15.9 Å². The van der Waals surface area contributed by atoms with Crippen LogP contribution < -0.4 is 10.6 Å². The minimum atomic E-state index is -0.177. The molecular formula is C22H19BrN2O2. The van der Waals surface area contributed by atoms with Gasteiger partial charge in [0.15, 0.2) is 0 Å². The number of nitrogens with one attached hydrogen (secondary N) is 2. The molecule has 3 aromatic carbocycles. The molecule has 0 unspecified atom stereocenters. The van der Waals surface area contributed by atoms with Gasteiger partial charge in [0.1, 0.15) is 0 Å². The molecule has 0 radical (unpaired) electrons. The maximum atomic E-state index is 12.4. The highest BCUT2D eigenvalue weighted by Gasteiger charge is 2.08. The third-order valence-electron chi connectivity index (χ3n) is 3.99. The second kappa shape index (κ2) is 9.14. The summed E-state index contributed by atoms with van der Waals surface area (Å²) in [6.07, 6.45) is 0.321. The second-order valence-corrected chi connectivity index (χ2v) is 7.02. The van der Waals surface area contributed by atoms with Crippen molar-refractivity contribution in [1.82, 2.24) is 5.32 Å². The van der Waals surface area contributed by atoms with Crippen molar-refractivity contribution >= 4 is 33.4 Å². The number of hydrogen-bond acceptors (Lipinski definition) is 2. The standard InChI is InChI=1S/C22H19BrN2O2/c23-19-11-9-16(10-12-19)14-21(26)24-15-17-5-4-6-18(13-17)22(27)25-20-7-2-1-3-8-20/h1-13H,14-15H2,(H,24,26)(H,25,27). The number of para-hydroxylation sites is 1. The Labute approximate surface area is 166 Å². The summed E-state index contributed by atoms with van der Waals surface area (Å²) in [5, 5.41) is 5.75. The number of halogens is 1. The van der Waals surface area contributed by atoms with Gasteiger partial charge in [0.25, 0.3) is 5.91 Å². The molecular weight excluding hydrogens is 404 g/mol. The van der Waals surface area contributed by atoms with Gasteiger partial charge in [-0.2, -0.15) is 0 Å². The van der Waals surface area contributed by atoms with E-state index in [0.717, 1.165) is 21.3 Å². The Morgan fingerprint density at radius 3 is 2.30 bits per heavy atom. The van der Waals surface area contributed by atoms with E-state index in [1.807, 2.05) is 66.7 Å². The molecule has 0 atom stereocenters. The van der Waals surface area contributed by atoms with Crippen LogP contribution in [0, 0.1) is 0 Å². The van der Waals surface area contributed by atoms with Crippen LogP contribution in [-0.2, 0) is 17.8 Å². The van der Waals surface area contributed by atoms with E-state index in [2.05, 4.69) is 26.6 Å². The molecule has 0 bridgehead atoms. The van der Waals surface area contributed by atoms with Crippen molar-refractivity contribution in [3.63, 3.8) is 0 Å². The maximum Gasteiger partial charge on any atom is 0.255 e. The zero-order valence-corrected chi connectivity index (χ0v) is 16.2. The smallest absolute Gasteiger partial charge is 0.255 e. The Bertz CT molecular complexity index is 925. The molecule has 0 aliphatic heterocycles. The molecule has 27 heavy (non-hydrogen) atoms. The predicted molar refractivity (Wildman–Crippen MR) is 111 cm³/mol. The molecule has 3 rings (SSSR count). The maximum absolute atomic E-state index is 12.4. The van der Waals surface area contributed by atoms with Gasteiger partial charge in [-0.05, 0) is 47.5 Å². The summed E-state index contributed by atoms with van der Waals surface area (Å²) in [5.41, 5.74) is 3.13. The Kier molecular flexibility index (Phi) is 6.39. The molecule has 2 N–H and O–H groups in total. The minimum absolute atomic E-state index is 0.0588. The quantitative estimate of drug-likeness (QED) is 0.611. The summed E-state index contributed by atoms with van der Waals surface area (Å²) in [6, 6.07) is 24.2. The zero-order valence-electron chi connectivity index (χ0n) is 14.6. The molecule has 0 aromatic heterocycles. The van der Waals surface area contributed by atoms with E-state index in [-0.39, 0.29) is 11.8 Å². The number of carbonyl (C=O) groups excluding carboxylic acids is 2. The van der Waals surface area contributed by atoms with Gasteiger partial charge in [0, 0.05) is 22.3 Å². The third kappa shape index (κ3) is 5.79. The summed E-state index contributed by atoms with van der Waals surface area (Å²) in [6.45, 7) is 0.377. The van der Waals surface area contributed by atoms with E-state index in [0.29, 0.717) is 18.5 Å². The van der Waals surface area contributed by atoms with E-state index in [1.165, 1.54) is 0 Å². The van der Waals surface area contributed by atoms with Crippen molar-refractivity contribution in [3.8, 4) is 0 Å². The lowest BCUT2D eigenvalue weighted by Crippen LogP contribution is -2.24. The Morgan fingerprint density at radius 1 is 0.815 bits per heavy atom. The summed E-state index contributed by atoms with van der Waals surface area (Å²) >= 11 is 3.38. The fourth-order valence-electron chi connectivity index (χ4n) is 2.60. The zero-order chi connectivity index (χ0) is 19.1. The van der Waals surface area contributed by atoms with E-state index in [9.17, 15) is 9.59 Å². The van der Waals surface area contributed by atoms with Crippen LogP contribution in [0.25, 0.3) is 0 Å². The lowest BCUT2D eigenvalue weighted by atomic mass is 10.1. The largest absolute Gasteiger partial charge is 0.352 e. The number of amides is 2. The van der Waals surface area contributed by atoms with Gasteiger partial charge in [-0.3, -0.25) is 9.59 Å².